The lowest BCUT2D eigenvalue weighted by Gasteiger charge is -2.47. The topological polar surface area (TPSA) is 58.6 Å². The van der Waals surface area contributed by atoms with Crippen molar-refractivity contribution in [1.29, 1.82) is 0 Å². The van der Waals surface area contributed by atoms with Gasteiger partial charge in [0.05, 0.1) is 0 Å². The number of halogens is 2. The highest BCUT2D eigenvalue weighted by Crippen LogP contribution is 2.48. The monoisotopic (exact) mass is 568 g/mol. The molecule has 2 fully saturated rings. The third-order valence-corrected chi connectivity index (χ3v) is 9.01. The molecule has 0 aromatic heterocycles. The van der Waals surface area contributed by atoms with Crippen LogP contribution in [0.15, 0.2) is 60.2 Å². The molecule has 4 atom stereocenters. The molecule has 1 saturated heterocycles. The molecule has 2 aromatic carbocycles. The molecule has 2 aromatic rings. The largest absolute Gasteiger partial charge is 0.444 e. The van der Waals surface area contributed by atoms with E-state index in [0.717, 1.165) is 35.7 Å². The molecule has 1 saturated carbocycles. The number of nitrogens with one attached hydrogen (secondary N) is 1. The van der Waals surface area contributed by atoms with Gasteiger partial charge in [0.1, 0.15) is 5.60 Å². The molecule has 2 aliphatic heterocycles. The summed E-state index contributed by atoms with van der Waals surface area (Å²) in [6.07, 6.45) is 6.22. The van der Waals surface area contributed by atoms with Crippen LogP contribution in [0.5, 0.6) is 0 Å². The van der Waals surface area contributed by atoms with Gasteiger partial charge >= 0.3 is 6.09 Å². The lowest BCUT2D eigenvalue weighted by atomic mass is 9.62. The maximum Gasteiger partial charge on any atom is 0.410 e. The number of carbonyl (C=O) groups is 2. The molecule has 39 heavy (non-hydrogen) atoms. The predicted molar refractivity (Wildman–Crippen MR) is 156 cm³/mol. The Balaban J connectivity index is 1.38. The van der Waals surface area contributed by atoms with Crippen LogP contribution in [0.1, 0.15) is 69.9 Å². The van der Waals surface area contributed by atoms with Gasteiger partial charge in [-0.3, -0.25) is 4.79 Å². The molecule has 0 radical (unpaired) electrons. The van der Waals surface area contributed by atoms with Gasteiger partial charge in [0.2, 0.25) is 5.91 Å². The maximum atomic E-state index is 12.8. The molecule has 2 heterocycles. The standard InChI is InChI=1S/C32H38Cl2N2O3/c1-32(2,3)39-31(38)36-16-14-20(15-17-36)26-19-29(37)35-28-13-8-23(18-27(26)28)30(21-4-9-24(33)10-5-21)22-6-11-25(34)12-7-22/h4-7,9-12,14,23,26-28,30H,8,13,15-19H2,1-3H3,(H,35,37). The number of ether oxygens (including phenoxy) is 1. The lowest BCUT2D eigenvalue weighted by Crippen LogP contribution is -2.53. The number of hydrogen-bond acceptors (Lipinski definition) is 3. The Labute approximate surface area is 241 Å². The summed E-state index contributed by atoms with van der Waals surface area (Å²) in [7, 11) is 0. The number of benzene rings is 2. The fraction of sp³-hybridized carbons (Fsp3) is 0.500. The van der Waals surface area contributed by atoms with Crippen LogP contribution < -0.4 is 5.32 Å². The van der Waals surface area contributed by atoms with E-state index in [-0.39, 0.29) is 29.9 Å². The minimum Gasteiger partial charge on any atom is -0.444 e. The molecule has 1 N–H and O–H groups in total. The van der Waals surface area contributed by atoms with Crippen molar-refractivity contribution in [2.75, 3.05) is 13.1 Å². The zero-order chi connectivity index (χ0) is 27.7. The highest BCUT2D eigenvalue weighted by atomic mass is 35.5. The van der Waals surface area contributed by atoms with Gasteiger partial charge in [-0.25, -0.2) is 4.79 Å². The fourth-order valence-electron chi connectivity index (χ4n) is 6.78. The maximum absolute atomic E-state index is 12.8. The number of rotatable bonds is 4. The van der Waals surface area contributed by atoms with E-state index < -0.39 is 5.60 Å². The van der Waals surface area contributed by atoms with Crippen molar-refractivity contribution in [2.24, 2.45) is 17.8 Å². The molecule has 5 rings (SSSR count). The Morgan fingerprint density at radius 3 is 2.15 bits per heavy atom. The van der Waals surface area contributed by atoms with Crippen molar-refractivity contribution >= 4 is 35.2 Å². The van der Waals surface area contributed by atoms with Gasteiger partial charge in [-0.15, -0.1) is 0 Å². The summed E-state index contributed by atoms with van der Waals surface area (Å²) in [5.74, 6) is 1.35. The van der Waals surface area contributed by atoms with Gasteiger partial charge in [-0.05, 0) is 99.6 Å². The van der Waals surface area contributed by atoms with Crippen LogP contribution in [-0.4, -0.2) is 41.6 Å². The van der Waals surface area contributed by atoms with Crippen LogP contribution in [0.4, 0.5) is 4.79 Å². The second-order valence-corrected chi connectivity index (χ2v) is 13.1. The predicted octanol–water partition coefficient (Wildman–Crippen LogP) is 7.61. The normalized spacial score (nSPS) is 25.5. The Morgan fingerprint density at radius 2 is 1.62 bits per heavy atom. The number of amides is 2. The number of fused-ring (bicyclic) bond motifs is 1. The average molecular weight is 570 g/mol. The van der Waals surface area contributed by atoms with Crippen molar-refractivity contribution < 1.29 is 14.3 Å². The van der Waals surface area contributed by atoms with E-state index >= 15 is 0 Å². The highest BCUT2D eigenvalue weighted by molar-refractivity contribution is 6.30. The Kier molecular flexibility index (Phi) is 8.30. The lowest BCUT2D eigenvalue weighted by molar-refractivity contribution is -0.127. The van der Waals surface area contributed by atoms with Crippen LogP contribution in [0.3, 0.4) is 0 Å². The van der Waals surface area contributed by atoms with Crippen molar-refractivity contribution in [1.82, 2.24) is 10.2 Å². The van der Waals surface area contributed by atoms with Gasteiger partial charge in [0.25, 0.3) is 0 Å². The number of carbonyl (C=O) groups excluding carboxylic acids is 2. The summed E-state index contributed by atoms with van der Waals surface area (Å²) in [6.45, 7) is 6.81. The first-order valence-electron chi connectivity index (χ1n) is 14.0. The van der Waals surface area contributed by atoms with Crippen LogP contribution in [0.2, 0.25) is 10.0 Å². The first-order chi connectivity index (χ1) is 18.6. The van der Waals surface area contributed by atoms with E-state index in [4.69, 9.17) is 27.9 Å². The minimum atomic E-state index is -0.516. The van der Waals surface area contributed by atoms with E-state index in [2.05, 4.69) is 35.7 Å². The Hall–Kier alpha value is -2.50. The summed E-state index contributed by atoms with van der Waals surface area (Å²) in [4.78, 5) is 27.1. The molecule has 208 valence electrons. The first-order valence-corrected chi connectivity index (χ1v) is 14.8. The number of piperidine rings is 1. The molecule has 7 heteroatoms. The average Bonchev–Trinajstić information content (AvgIpc) is 2.90. The van der Waals surface area contributed by atoms with Crippen LogP contribution in [-0.2, 0) is 9.53 Å². The minimum absolute atomic E-state index is 0.141. The van der Waals surface area contributed by atoms with E-state index in [1.807, 2.05) is 45.0 Å². The summed E-state index contributed by atoms with van der Waals surface area (Å²) in [6, 6.07) is 16.6. The fourth-order valence-corrected chi connectivity index (χ4v) is 7.03. The van der Waals surface area contributed by atoms with E-state index in [1.54, 1.807) is 4.90 Å². The summed E-state index contributed by atoms with van der Waals surface area (Å²) >= 11 is 12.5. The SMILES string of the molecule is CC(C)(C)OC(=O)N1CC=C(C2CC(=O)NC3CCC(C(c4ccc(Cl)cc4)c4ccc(Cl)cc4)CC32)CC1. The van der Waals surface area contributed by atoms with Crippen molar-refractivity contribution in [3.63, 3.8) is 0 Å². The van der Waals surface area contributed by atoms with Gasteiger partial charge in [-0.2, -0.15) is 0 Å². The summed E-state index contributed by atoms with van der Waals surface area (Å²) in [5.41, 5.74) is 3.31. The van der Waals surface area contributed by atoms with Crippen molar-refractivity contribution in [2.45, 2.75) is 70.4 Å². The third-order valence-electron chi connectivity index (χ3n) is 8.51. The molecule has 1 aliphatic carbocycles. The number of hydrogen-bond donors (Lipinski definition) is 1. The van der Waals surface area contributed by atoms with Crippen LogP contribution >= 0.6 is 23.2 Å². The van der Waals surface area contributed by atoms with E-state index in [1.165, 1.54) is 16.7 Å². The zero-order valence-corrected chi connectivity index (χ0v) is 24.5. The zero-order valence-electron chi connectivity index (χ0n) is 23.0. The van der Waals surface area contributed by atoms with E-state index in [0.29, 0.717) is 31.3 Å². The molecule has 4 unspecified atom stereocenters. The van der Waals surface area contributed by atoms with Crippen molar-refractivity contribution in [3.8, 4) is 0 Å². The molecular weight excluding hydrogens is 531 g/mol. The molecular formula is C32H38Cl2N2O3. The van der Waals surface area contributed by atoms with Gasteiger partial charge < -0.3 is 15.0 Å². The Morgan fingerprint density at radius 1 is 1.00 bits per heavy atom. The molecule has 0 bridgehead atoms. The molecule has 0 spiro atoms. The molecule has 3 aliphatic rings. The van der Waals surface area contributed by atoms with Crippen LogP contribution in [0.25, 0.3) is 0 Å². The molecule has 5 nitrogen and oxygen atoms in total. The highest BCUT2D eigenvalue weighted by Gasteiger charge is 2.44. The smallest absolute Gasteiger partial charge is 0.410 e. The van der Waals surface area contributed by atoms with E-state index in [9.17, 15) is 9.59 Å². The second-order valence-electron chi connectivity index (χ2n) is 12.3. The second kappa shape index (κ2) is 11.5. The van der Waals surface area contributed by atoms with Gasteiger partial charge in [0.15, 0.2) is 0 Å². The summed E-state index contributed by atoms with van der Waals surface area (Å²) in [5, 5.41) is 4.78. The number of nitrogens with zero attached hydrogens (tertiary/aromatic N) is 1. The first kappa shape index (κ1) is 28.0. The third kappa shape index (κ3) is 6.63. The molecule has 2 amide bonds. The summed E-state index contributed by atoms with van der Waals surface area (Å²) < 4.78 is 5.58. The Bertz CT molecular complexity index is 1170. The van der Waals surface area contributed by atoms with Gasteiger partial charge in [0, 0.05) is 41.5 Å². The quantitative estimate of drug-likeness (QED) is 0.386. The van der Waals surface area contributed by atoms with Crippen molar-refractivity contribution in [3.05, 3.63) is 81.4 Å². The van der Waals surface area contributed by atoms with Gasteiger partial charge in [-0.1, -0.05) is 59.1 Å². The van der Waals surface area contributed by atoms with Crippen LogP contribution in [0, 0.1) is 17.8 Å².